The Kier molecular flexibility index (Phi) is 3.66. The number of aromatic nitrogens is 2. The molecule has 0 spiro atoms. The molecule has 6 heteroatoms. The Labute approximate surface area is 124 Å². The maximum absolute atomic E-state index is 13.2. The van der Waals surface area contributed by atoms with Crippen molar-refractivity contribution in [3.63, 3.8) is 0 Å². The van der Waals surface area contributed by atoms with Gasteiger partial charge >= 0.3 is 0 Å². The minimum Gasteiger partial charge on any atom is -0.420 e. The lowest BCUT2D eigenvalue weighted by Crippen LogP contribution is -1.90. The van der Waals surface area contributed by atoms with Crippen LogP contribution in [0.2, 0.25) is 5.02 Å². The third-order valence-corrected chi connectivity index (χ3v) is 3.25. The van der Waals surface area contributed by atoms with Crippen molar-refractivity contribution in [1.29, 1.82) is 0 Å². The normalized spacial score (nSPS) is 10.8. The van der Waals surface area contributed by atoms with Gasteiger partial charge in [-0.05, 0) is 35.9 Å². The van der Waals surface area contributed by atoms with E-state index in [9.17, 15) is 8.78 Å². The Morgan fingerprint density at radius 2 is 1.81 bits per heavy atom. The molecule has 0 unspecified atom stereocenters. The van der Waals surface area contributed by atoms with E-state index in [1.165, 1.54) is 24.3 Å². The fraction of sp³-hybridized carbons (Fsp3) is 0.0667. The summed E-state index contributed by atoms with van der Waals surface area (Å²) in [6.07, 6.45) is 0.279. The molecule has 0 amide bonds. The second-order valence-electron chi connectivity index (χ2n) is 4.42. The van der Waals surface area contributed by atoms with Crippen molar-refractivity contribution in [2.75, 3.05) is 0 Å². The highest BCUT2D eigenvalue weighted by Gasteiger charge is 2.11. The van der Waals surface area contributed by atoms with Gasteiger partial charge in [-0.1, -0.05) is 23.7 Å². The highest BCUT2D eigenvalue weighted by atomic mass is 35.5. The van der Waals surface area contributed by atoms with Crippen LogP contribution in [0.1, 0.15) is 11.5 Å². The van der Waals surface area contributed by atoms with Gasteiger partial charge in [-0.25, -0.2) is 8.78 Å². The molecule has 3 nitrogen and oxygen atoms in total. The van der Waals surface area contributed by atoms with Gasteiger partial charge < -0.3 is 4.42 Å². The summed E-state index contributed by atoms with van der Waals surface area (Å²) in [5, 5.41) is 8.05. The third-order valence-electron chi connectivity index (χ3n) is 2.90. The van der Waals surface area contributed by atoms with E-state index < -0.39 is 5.82 Å². The molecule has 1 heterocycles. The summed E-state index contributed by atoms with van der Waals surface area (Å²) < 4.78 is 31.6. The van der Waals surface area contributed by atoms with Crippen LogP contribution in [0.25, 0.3) is 11.5 Å². The predicted octanol–water partition coefficient (Wildman–Crippen LogP) is 4.26. The summed E-state index contributed by atoms with van der Waals surface area (Å²) >= 11 is 5.94. The second-order valence-corrected chi connectivity index (χ2v) is 4.83. The van der Waals surface area contributed by atoms with Crippen molar-refractivity contribution in [3.05, 3.63) is 70.6 Å². The minimum atomic E-state index is -0.408. The molecular weight excluding hydrogens is 298 g/mol. The summed E-state index contributed by atoms with van der Waals surface area (Å²) in [4.78, 5) is 0. The number of rotatable bonds is 3. The van der Waals surface area contributed by atoms with E-state index in [2.05, 4.69) is 10.2 Å². The van der Waals surface area contributed by atoms with Crippen LogP contribution in [-0.4, -0.2) is 10.2 Å². The van der Waals surface area contributed by atoms with Gasteiger partial charge in [0.15, 0.2) is 0 Å². The smallest absolute Gasteiger partial charge is 0.247 e. The van der Waals surface area contributed by atoms with Crippen LogP contribution < -0.4 is 0 Å². The van der Waals surface area contributed by atoms with E-state index in [-0.39, 0.29) is 18.1 Å². The van der Waals surface area contributed by atoms with Crippen LogP contribution in [-0.2, 0) is 6.42 Å². The molecule has 1 aromatic heterocycles. The zero-order valence-corrected chi connectivity index (χ0v) is 11.4. The van der Waals surface area contributed by atoms with Crippen molar-refractivity contribution in [3.8, 4) is 11.5 Å². The molecule has 21 heavy (non-hydrogen) atoms. The zero-order valence-electron chi connectivity index (χ0n) is 10.7. The van der Waals surface area contributed by atoms with Crippen molar-refractivity contribution in [2.24, 2.45) is 0 Å². The van der Waals surface area contributed by atoms with Crippen LogP contribution in [0.3, 0.4) is 0 Å². The number of halogens is 3. The minimum absolute atomic E-state index is 0.225. The molecule has 0 aliphatic heterocycles. The van der Waals surface area contributed by atoms with Gasteiger partial charge in [0, 0.05) is 10.6 Å². The molecule has 0 saturated carbocycles. The van der Waals surface area contributed by atoms with Crippen molar-refractivity contribution in [1.82, 2.24) is 10.2 Å². The first-order valence-electron chi connectivity index (χ1n) is 6.14. The molecule has 0 N–H and O–H groups in total. The van der Waals surface area contributed by atoms with Crippen LogP contribution in [0.5, 0.6) is 0 Å². The van der Waals surface area contributed by atoms with E-state index in [1.54, 1.807) is 18.2 Å². The lowest BCUT2D eigenvalue weighted by atomic mass is 10.1. The standard InChI is InChI=1S/C15H9ClF2N2O/c16-13-8-12(18)5-4-9(13)7-14-19-20-15(21-14)10-2-1-3-11(17)6-10/h1-6,8H,7H2. The first-order chi connectivity index (χ1) is 10.1. The van der Waals surface area contributed by atoms with Crippen molar-refractivity contribution in [2.45, 2.75) is 6.42 Å². The number of nitrogens with zero attached hydrogens (tertiary/aromatic N) is 2. The molecule has 0 saturated heterocycles. The van der Waals surface area contributed by atoms with Gasteiger partial charge in [0.1, 0.15) is 11.6 Å². The topological polar surface area (TPSA) is 38.9 Å². The maximum Gasteiger partial charge on any atom is 0.247 e. The number of hydrogen-bond acceptors (Lipinski definition) is 3. The molecular formula is C15H9ClF2N2O. The summed E-state index contributed by atoms with van der Waals surface area (Å²) in [5.74, 6) is -0.242. The number of hydrogen-bond donors (Lipinski definition) is 0. The molecule has 0 atom stereocenters. The van der Waals surface area contributed by atoms with E-state index in [4.69, 9.17) is 16.0 Å². The van der Waals surface area contributed by atoms with E-state index in [0.717, 1.165) is 0 Å². The van der Waals surface area contributed by atoms with Crippen LogP contribution in [0.15, 0.2) is 46.9 Å². The monoisotopic (exact) mass is 306 g/mol. The summed E-state index contributed by atoms with van der Waals surface area (Å²) in [6.45, 7) is 0. The fourth-order valence-corrected chi connectivity index (χ4v) is 2.13. The van der Waals surface area contributed by atoms with Crippen molar-refractivity contribution >= 4 is 11.6 Å². The Bertz CT molecular complexity index is 789. The molecule has 2 aromatic carbocycles. The molecule has 106 valence electrons. The van der Waals surface area contributed by atoms with E-state index in [1.807, 2.05) is 0 Å². The fourth-order valence-electron chi connectivity index (χ4n) is 1.89. The summed E-state index contributed by atoms with van der Waals surface area (Å²) in [6, 6.07) is 9.97. The van der Waals surface area contributed by atoms with Gasteiger partial charge in [0.05, 0.1) is 6.42 Å². The molecule has 0 radical (unpaired) electrons. The molecule has 0 aliphatic carbocycles. The molecule has 3 aromatic rings. The second kappa shape index (κ2) is 5.61. The van der Waals surface area contributed by atoms with Crippen molar-refractivity contribution < 1.29 is 13.2 Å². The van der Waals surface area contributed by atoms with Gasteiger partial charge in [0.2, 0.25) is 11.8 Å². The third kappa shape index (κ3) is 3.08. The summed E-state index contributed by atoms with van der Waals surface area (Å²) in [5.41, 5.74) is 1.17. The Morgan fingerprint density at radius 3 is 2.57 bits per heavy atom. The highest BCUT2D eigenvalue weighted by Crippen LogP contribution is 2.23. The predicted molar refractivity (Wildman–Crippen MR) is 73.9 cm³/mol. The highest BCUT2D eigenvalue weighted by molar-refractivity contribution is 6.31. The largest absolute Gasteiger partial charge is 0.420 e. The Morgan fingerprint density at radius 1 is 1.00 bits per heavy atom. The number of benzene rings is 2. The summed E-state index contributed by atoms with van der Waals surface area (Å²) in [7, 11) is 0. The van der Waals surface area contributed by atoms with Gasteiger partial charge in [-0.2, -0.15) is 0 Å². The first-order valence-corrected chi connectivity index (χ1v) is 6.52. The van der Waals surface area contributed by atoms with Crippen LogP contribution in [0.4, 0.5) is 8.78 Å². The maximum atomic E-state index is 13.2. The van der Waals surface area contributed by atoms with Crippen LogP contribution in [0, 0.1) is 11.6 Å². The molecule has 3 rings (SSSR count). The van der Waals surface area contributed by atoms with Gasteiger partial charge in [0.25, 0.3) is 0 Å². The van der Waals surface area contributed by atoms with Crippen LogP contribution >= 0.6 is 11.6 Å². The average Bonchev–Trinajstić information content (AvgIpc) is 2.91. The van der Waals surface area contributed by atoms with Gasteiger partial charge in [-0.3, -0.25) is 0 Å². The lowest BCUT2D eigenvalue weighted by Gasteiger charge is -2.00. The quantitative estimate of drug-likeness (QED) is 0.726. The Balaban J connectivity index is 1.85. The lowest BCUT2D eigenvalue weighted by molar-refractivity contribution is 0.517. The first kappa shape index (κ1) is 13.7. The van der Waals surface area contributed by atoms with E-state index in [0.29, 0.717) is 22.0 Å². The SMILES string of the molecule is Fc1cccc(-c2nnc(Cc3ccc(F)cc3Cl)o2)c1. The molecule has 0 fully saturated rings. The molecule has 0 bridgehead atoms. The Hall–Kier alpha value is -2.27. The average molecular weight is 307 g/mol. The zero-order chi connectivity index (χ0) is 14.8. The van der Waals surface area contributed by atoms with E-state index >= 15 is 0 Å². The van der Waals surface area contributed by atoms with Gasteiger partial charge in [-0.15, -0.1) is 10.2 Å². The molecule has 0 aliphatic rings.